The fourth-order valence-corrected chi connectivity index (χ4v) is 2.36. The lowest BCUT2D eigenvalue weighted by Gasteiger charge is -2.03. The lowest BCUT2D eigenvalue weighted by atomic mass is 10.1. The number of pyridine rings is 1. The van der Waals surface area contributed by atoms with Gasteiger partial charge in [-0.05, 0) is 18.2 Å². The number of hydrogen-bond acceptors (Lipinski definition) is 2. The molecule has 2 aromatic rings. The molecule has 0 amide bonds. The molecule has 15 heavy (non-hydrogen) atoms. The largest absolute Gasteiger partial charge is 0.224 e. The average molecular weight is 302 g/mol. The van der Waals surface area contributed by atoms with Crippen molar-refractivity contribution < 1.29 is 0 Å². The SMILES string of the molecule is N#Cc1cc(Br)c2cc(Cl)nc(Cl)c2c1. The zero-order chi connectivity index (χ0) is 11.0. The molecule has 0 saturated heterocycles. The van der Waals surface area contributed by atoms with Gasteiger partial charge in [-0.25, -0.2) is 4.98 Å². The molecule has 74 valence electrons. The molecule has 2 rings (SSSR count). The van der Waals surface area contributed by atoms with E-state index in [1.807, 2.05) is 0 Å². The van der Waals surface area contributed by atoms with Crippen LogP contribution in [0.15, 0.2) is 22.7 Å². The summed E-state index contributed by atoms with van der Waals surface area (Å²) in [5.74, 6) is 0. The Hall–Kier alpha value is -0.820. The van der Waals surface area contributed by atoms with Gasteiger partial charge in [-0.3, -0.25) is 0 Å². The minimum Gasteiger partial charge on any atom is -0.224 e. The highest BCUT2D eigenvalue weighted by Gasteiger charge is 2.07. The highest BCUT2D eigenvalue weighted by Crippen LogP contribution is 2.31. The molecule has 1 aromatic heterocycles. The Labute approximate surface area is 105 Å². The summed E-state index contributed by atoms with van der Waals surface area (Å²) in [5.41, 5.74) is 0.528. The van der Waals surface area contributed by atoms with Crippen LogP contribution in [0.5, 0.6) is 0 Å². The van der Waals surface area contributed by atoms with Crippen molar-refractivity contribution in [2.45, 2.75) is 0 Å². The molecule has 1 heterocycles. The predicted octanol–water partition coefficient (Wildman–Crippen LogP) is 4.18. The van der Waals surface area contributed by atoms with Crippen LogP contribution < -0.4 is 0 Å². The van der Waals surface area contributed by atoms with Gasteiger partial charge in [0.05, 0.1) is 11.6 Å². The Kier molecular flexibility index (Phi) is 2.83. The van der Waals surface area contributed by atoms with E-state index in [9.17, 15) is 0 Å². The van der Waals surface area contributed by atoms with Gasteiger partial charge in [0.1, 0.15) is 10.3 Å². The first-order valence-electron chi connectivity index (χ1n) is 3.97. The molecule has 0 bridgehead atoms. The number of nitrogens with zero attached hydrogens (tertiary/aromatic N) is 2. The first-order valence-corrected chi connectivity index (χ1v) is 5.52. The second-order valence-electron chi connectivity index (χ2n) is 2.90. The molecule has 0 aliphatic heterocycles. The topological polar surface area (TPSA) is 36.7 Å². The lowest BCUT2D eigenvalue weighted by molar-refractivity contribution is 1.36. The van der Waals surface area contributed by atoms with Crippen LogP contribution in [0.1, 0.15) is 5.56 Å². The monoisotopic (exact) mass is 300 g/mol. The van der Waals surface area contributed by atoms with E-state index in [2.05, 4.69) is 27.0 Å². The van der Waals surface area contributed by atoms with Gasteiger partial charge in [0.15, 0.2) is 0 Å². The van der Waals surface area contributed by atoms with Crippen molar-refractivity contribution >= 4 is 49.9 Å². The van der Waals surface area contributed by atoms with Gasteiger partial charge in [-0.15, -0.1) is 0 Å². The molecule has 0 spiro atoms. The lowest BCUT2D eigenvalue weighted by Crippen LogP contribution is -1.84. The maximum absolute atomic E-state index is 8.81. The van der Waals surface area contributed by atoms with E-state index in [1.54, 1.807) is 18.2 Å². The van der Waals surface area contributed by atoms with Crippen molar-refractivity contribution in [2.24, 2.45) is 0 Å². The van der Waals surface area contributed by atoms with Crippen LogP contribution in [-0.2, 0) is 0 Å². The van der Waals surface area contributed by atoms with E-state index in [4.69, 9.17) is 28.5 Å². The van der Waals surface area contributed by atoms with Crippen LogP contribution in [0.2, 0.25) is 10.3 Å². The van der Waals surface area contributed by atoms with Crippen molar-refractivity contribution in [1.82, 2.24) is 4.98 Å². The number of nitriles is 1. The third-order valence-corrected chi connectivity index (χ3v) is 3.09. The molecule has 2 nitrogen and oxygen atoms in total. The van der Waals surface area contributed by atoms with Crippen LogP contribution in [0.3, 0.4) is 0 Å². The molecule has 0 saturated carbocycles. The van der Waals surface area contributed by atoms with Crippen LogP contribution in [0.25, 0.3) is 10.8 Å². The van der Waals surface area contributed by atoms with Crippen LogP contribution in [-0.4, -0.2) is 4.98 Å². The molecule has 0 unspecified atom stereocenters. The van der Waals surface area contributed by atoms with E-state index >= 15 is 0 Å². The van der Waals surface area contributed by atoms with Crippen molar-refractivity contribution in [3.8, 4) is 6.07 Å². The summed E-state index contributed by atoms with van der Waals surface area (Å²) < 4.78 is 0.780. The summed E-state index contributed by atoms with van der Waals surface area (Å²) in [7, 11) is 0. The average Bonchev–Trinajstić information content (AvgIpc) is 2.19. The molecule has 0 radical (unpaired) electrons. The summed E-state index contributed by atoms with van der Waals surface area (Å²) in [6.07, 6.45) is 0. The Bertz CT molecular complexity index is 590. The highest BCUT2D eigenvalue weighted by molar-refractivity contribution is 9.10. The molecule has 0 fully saturated rings. The summed E-state index contributed by atoms with van der Waals surface area (Å²) in [6.45, 7) is 0. The maximum atomic E-state index is 8.81. The first kappa shape index (κ1) is 10.7. The minimum atomic E-state index is 0.301. The number of halogens is 3. The smallest absolute Gasteiger partial charge is 0.138 e. The summed E-state index contributed by atoms with van der Waals surface area (Å²) >= 11 is 15.1. The molecule has 0 aliphatic carbocycles. The predicted molar refractivity (Wildman–Crippen MR) is 64.2 cm³/mol. The third-order valence-electron chi connectivity index (χ3n) is 1.95. The van der Waals surface area contributed by atoms with Gasteiger partial charge in [-0.1, -0.05) is 39.1 Å². The zero-order valence-electron chi connectivity index (χ0n) is 7.26. The molecular formula is C10H3BrCl2N2. The van der Waals surface area contributed by atoms with Crippen molar-refractivity contribution in [1.29, 1.82) is 5.26 Å². The Morgan fingerprint density at radius 1 is 1.20 bits per heavy atom. The van der Waals surface area contributed by atoms with Gasteiger partial charge in [0.25, 0.3) is 0 Å². The number of hydrogen-bond donors (Lipinski definition) is 0. The first-order chi connectivity index (χ1) is 7.11. The molecule has 5 heteroatoms. The normalized spacial score (nSPS) is 10.3. The maximum Gasteiger partial charge on any atom is 0.138 e. The van der Waals surface area contributed by atoms with Gasteiger partial charge in [-0.2, -0.15) is 5.26 Å². The van der Waals surface area contributed by atoms with Gasteiger partial charge < -0.3 is 0 Å². The Balaban J connectivity index is 2.93. The summed E-state index contributed by atoms with van der Waals surface area (Å²) in [5, 5.41) is 11.0. The number of aromatic nitrogens is 1. The second kappa shape index (κ2) is 3.97. The van der Waals surface area contributed by atoms with Gasteiger partial charge in [0.2, 0.25) is 0 Å². The minimum absolute atomic E-state index is 0.301. The van der Waals surface area contributed by atoms with Crippen molar-refractivity contribution in [2.75, 3.05) is 0 Å². The molecule has 1 aromatic carbocycles. The number of benzene rings is 1. The fraction of sp³-hybridized carbons (Fsp3) is 0. The standard InChI is InChI=1S/C10H3BrCl2N2/c11-8-2-5(4-14)1-7-6(8)3-9(12)15-10(7)13/h1-3H. The molecular weight excluding hydrogens is 299 g/mol. The van der Waals surface area contributed by atoms with E-state index in [0.717, 1.165) is 9.86 Å². The number of rotatable bonds is 0. The van der Waals surface area contributed by atoms with Gasteiger partial charge >= 0.3 is 0 Å². The quantitative estimate of drug-likeness (QED) is 0.685. The van der Waals surface area contributed by atoms with E-state index in [0.29, 0.717) is 21.3 Å². The molecule has 0 aliphatic rings. The fourth-order valence-electron chi connectivity index (χ4n) is 1.31. The zero-order valence-corrected chi connectivity index (χ0v) is 10.4. The Morgan fingerprint density at radius 3 is 2.60 bits per heavy atom. The van der Waals surface area contributed by atoms with E-state index in [1.165, 1.54) is 0 Å². The van der Waals surface area contributed by atoms with Crippen LogP contribution in [0.4, 0.5) is 0 Å². The summed E-state index contributed by atoms with van der Waals surface area (Å²) in [4.78, 5) is 3.92. The number of fused-ring (bicyclic) bond motifs is 1. The van der Waals surface area contributed by atoms with E-state index in [-0.39, 0.29) is 0 Å². The van der Waals surface area contributed by atoms with Crippen molar-refractivity contribution in [3.05, 3.63) is 38.5 Å². The second-order valence-corrected chi connectivity index (χ2v) is 4.50. The molecule has 0 N–H and O–H groups in total. The van der Waals surface area contributed by atoms with Crippen molar-refractivity contribution in [3.63, 3.8) is 0 Å². The Morgan fingerprint density at radius 2 is 1.93 bits per heavy atom. The third kappa shape index (κ3) is 1.93. The molecule has 0 atom stereocenters. The van der Waals surface area contributed by atoms with Gasteiger partial charge in [0, 0.05) is 15.2 Å². The summed E-state index contributed by atoms with van der Waals surface area (Å²) in [6, 6.07) is 7.16. The van der Waals surface area contributed by atoms with E-state index < -0.39 is 0 Å². The van der Waals surface area contributed by atoms with Crippen LogP contribution >= 0.6 is 39.1 Å². The van der Waals surface area contributed by atoms with Crippen LogP contribution in [0, 0.1) is 11.3 Å². The highest BCUT2D eigenvalue weighted by atomic mass is 79.9.